The van der Waals surface area contributed by atoms with Gasteiger partial charge in [-0.3, -0.25) is 4.79 Å². The van der Waals surface area contributed by atoms with Gasteiger partial charge in [-0.05, 0) is 43.9 Å². The normalized spacial score (nSPS) is 19.4. The lowest BCUT2D eigenvalue weighted by molar-refractivity contribution is -0.128. The number of rotatable bonds is 5. The number of carbonyl (C=O) groups is 1. The molecule has 1 unspecified atom stereocenters. The van der Waals surface area contributed by atoms with Gasteiger partial charge in [-0.15, -0.1) is 24.8 Å². The van der Waals surface area contributed by atoms with E-state index < -0.39 is 5.54 Å². The Morgan fingerprint density at radius 3 is 2.68 bits per heavy atom. The van der Waals surface area contributed by atoms with Crippen LogP contribution in [0.25, 0.3) is 0 Å². The Morgan fingerprint density at radius 1 is 1.28 bits per heavy atom. The standard InChI is InChI=1S/C17H23N5O.2ClH/c1-17(8-4-5-9-20-17)16(23)19-10-14-6-2-3-7-15(14)11-22-13-18-12-21-22;;/h2-3,6-7,12-13,20H,4-5,8-11H2,1H3,(H,19,23);2*1H. The van der Waals surface area contributed by atoms with Crippen LogP contribution in [0.3, 0.4) is 0 Å². The summed E-state index contributed by atoms with van der Waals surface area (Å²) < 4.78 is 1.78. The maximum absolute atomic E-state index is 12.5. The molecule has 0 spiro atoms. The fourth-order valence-corrected chi connectivity index (χ4v) is 2.99. The highest BCUT2D eigenvalue weighted by molar-refractivity contribution is 5.86. The predicted octanol–water partition coefficient (Wildman–Crippen LogP) is 2.32. The van der Waals surface area contributed by atoms with E-state index in [1.807, 2.05) is 25.1 Å². The molecule has 138 valence electrons. The molecule has 1 amide bonds. The van der Waals surface area contributed by atoms with E-state index in [1.165, 1.54) is 6.33 Å². The van der Waals surface area contributed by atoms with Crippen LogP contribution in [0.1, 0.15) is 37.3 Å². The van der Waals surface area contributed by atoms with E-state index in [0.29, 0.717) is 13.1 Å². The number of benzene rings is 1. The third-order valence-corrected chi connectivity index (χ3v) is 4.48. The number of hydrogen-bond acceptors (Lipinski definition) is 4. The van der Waals surface area contributed by atoms with Crippen LogP contribution < -0.4 is 10.6 Å². The topological polar surface area (TPSA) is 71.8 Å². The molecule has 1 saturated heterocycles. The molecular formula is C17H25Cl2N5O. The van der Waals surface area contributed by atoms with Crippen LogP contribution in [0.2, 0.25) is 0 Å². The molecule has 0 aliphatic carbocycles. The minimum absolute atomic E-state index is 0. The van der Waals surface area contributed by atoms with Crippen molar-refractivity contribution in [3.8, 4) is 0 Å². The van der Waals surface area contributed by atoms with Gasteiger partial charge >= 0.3 is 0 Å². The monoisotopic (exact) mass is 385 g/mol. The number of amides is 1. The summed E-state index contributed by atoms with van der Waals surface area (Å²) in [6, 6.07) is 8.10. The van der Waals surface area contributed by atoms with Crippen molar-refractivity contribution >= 4 is 30.7 Å². The van der Waals surface area contributed by atoms with Crippen LogP contribution in [-0.2, 0) is 17.9 Å². The van der Waals surface area contributed by atoms with Crippen LogP contribution in [-0.4, -0.2) is 32.8 Å². The van der Waals surface area contributed by atoms with Gasteiger partial charge in [-0.25, -0.2) is 9.67 Å². The van der Waals surface area contributed by atoms with E-state index in [0.717, 1.165) is 36.9 Å². The molecule has 8 heteroatoms. The fraction of sp³-hybridized carbons (Fsp3) is 0.471. The molecule has 1 aromatic heterocycles. The van der Waals surface area contributed by atoms with E-state index in [2.05, 4.69) is 26.8 Å². The summed E-state index contributed by atoms with van der Waals surface area (Å²) in [6.07, 6.45) is 6.35. The Kier molecular flexibility index (Phi) is 8.35. The summed E-state index contributed by atoms with van der Waals surface area (Å²) in [6.45, 7) is 4.08. The highest BCUT2D eigenvalue weighted by Crippen LogP contribution is 2.19. The van der Waals surface area contributed by atoms with E-state index >= 15 is 0 Å². The Labute approximate surface area is 160 Å². The number of carbonyl (C=O) groups excluding carboxylic acids is 1. The third kappa shape index (κ3) is 5.42. The van der Waals surface area contributed by atoms with Crippen LogP contribution in [0.4, 0.5) is 0 Å². The van der Waals surface area contributed by atoms with Crippen molar-refractivity contribution in [2.45, 2.75) is 44.8 Å². The molecule has 1 atom stereocenters. The van der Waals surface area contributed by atoms with E-state index in [1.54, 1.807) is 11.0 Å². The van der Waals surface area contributed by atoms with Gasteiger partial charge in [-0.2, -0.15) is 5.10 Å². The molecule has 6 nitrogen and oxygen atoms in total. The van der Waals surface area contributed by atoms with E-state index in [9.17, 15) is 4.79 Å². The SMILES string of the molecule is CC1(C(=O)NCc2ccccc2Cn2cncn2)CCCCN1.Cl.Cl. The number of piperidine rings is 1. The van der Waals surface area contributed by atoms with Crippen LogP contribution in [0.15, 0.2) is 36.9 Å². The molecule has 0 radical (unpaired) electrons. The molecule has 1 aliphatic rings. The summed E-state index contributed by atoms with van der Waals surface area (Å²) in [5.41, 5.74) is 1.80. The first-order valence-corrected chi connectivity index (χ1v) is 8.10. The first-order valence-electron chi connectivity index (χ1n) is 8.10. The number of nitrogens with one attached hydrogen (secondary N) is 2. The van der Waals surface area contributed by atoms with Crippen molar-refractivity contribution in [2.24, 2.45) is 0 Å². The zero-order valence-corrected chi connectivity index (χ0v) is 15.9. The average molecular weight is 386 g/mol. The number of hydrogen-bond donors (Lipinski definition) is 2. The minimum Gasteiger partial charge on any atom is -0.350 e. The zero-order valence-electron chi connectivity index (χ0n) is 14.3. The van der Waals surface area contributed by atoms with Crippen LogP contribution in [0.5, 0.6) is 0 Å². The predicted molar refractivity (Wildman–Crippen MR) is 102 cm³/mol. The molecule has 3 rings (SSSR count). The highest BCUT2D eigenvalue weighted by atomic mass is 35.5. The molecule has 1 fully saturated rings. The van der Waals surface area contributed by atoms with Crippen molar-refractivity contribution in [3.05, 3.63) is 48.0 Å². The van der Waals surface area contributed by atoms with Gasteiger partial charge in [0, 0.05) is 6.54 Å². The van der Waals surface area contributed by atoms with Gasteiger partial charge in [0.25, 0.3) is 0 Å². The van der Waals surface area contributed by atoms with Crippen molar-refractivity contribution in [2.75, 3.05) is 6.54 Å². The zero-order chi connectivity index (χ0) is 16.1. The van der Waals surface area contributed by atoms with Gasteiger partial charge in [0.2, 0.25) is 5.91 Å². The maximum atomic E-state index is 12.5. The van der Waals surface area contributed by atoms with Gasteiger partial charge in [0.15, 0.2) is 0 Å². The van der Waals surface area contributed by atoms with Gasteiger partial charge in [0.1, 0.15) is 12.7 Å². The first-order chi connectivity index (χ1) is 11.2. The lowest BCUT2D eigenvalue weighted by Gasteiger charge is -2.33. The lowest BCUT2D eigenvalue weighted by Crippen LogP contribution is -2.56. The summed E-state index contributed by atoms with van der Waals surface area (Å²) >= 11 is 0. The quantitative estimate of drug-likeness (QED) is 0.828. The van der Waals surface area contributed by atoms with E-state index in [4.69, 9.17) is 0 Å². The Balaban J connectivity index is 0.00000156. The summed E-state index contributed by atoms with van der Waals surface area (Å²) in [5, 5.41) is 10.6. The smallest absolute Gasteiger partial charge is 0.240 e. The molecule has 1 aromatic carbocycles. The minimum atomic E-state index is -0.445. The molecule has 2 heterocycles. The van der Waals surface area contributed by atoms with Crippen molar-refractivity contribution in [1.29, 1.82) is 0 Å². The lowest BCUT2D eigenvalue weighted by atomic mass is 9.90. The number of aromatic nitrogens is 3. The second kappa shape index (κ2) is 9.75. The van der Waals surface area contributed by atoms with Crippen molar-refractivity contribution in [3.63, 3.8) is 0 Å². The molecule has 0 bridgehead atoms. The highest BCUT2D eigenvalue weighted by Gasteiger charge is 2.33. The summed E-state index contributed by atoms with van der Waals surface area (Å²) in [4.78, 5) is 16.5. The van der Waals surface area contributed by atoms with E-state index in [-0.39, 0.29) is 30.7 Å². The molecule has 2 N–H and O–H groups in total. The fourth-order valence-electron chi connectivity index (χ4n) is 2.99. The molecule has 2 aromatic rings. The molecule has 0 saturated carbocycles. The van der Waals surface area contributed by atoms with Crippen molar-refractivity contribution < 1.29 is 4.79 Å². The third-order valence-electron chi connectivity index (χ3n) is 4.48. The Hall–Kier alpha value is -1.63. The first kappa shape index (κ1) is 21.4. The average Bonchev–Trinajstić information content (AvgIpc) is 3.07. The maximum Gasteiger partial charge on any atom is 0.240 e. The second-order valence-corrected chi connectivity index (χ2v) is 6.26. The largest absolute Gasteiger partial charge is 0.350 e. The Bertz CT molecular complexity index is 657. The van der Waals surface area contributed by atoms with Crippen LogP contribution in [0, 0.1) is 0 Å². The molecule has 1 aliphatic heterocycles. The summed E-state index contributed by atoms with van der Waals surface area (Å²) in [5.74, 6) is 0.0766. The summed E-state index contributed by atoms with van der Waals surface area (Å²) in [7, 11) is 0. The van der Waals surface area contributed by atoms with Gasteiger partial charge < -0.3 is 10.6 Å². The van der Waals surface area contributed by atoms with Crippen molar-refractivity contribution in [1.82, 2.24) is 25.4 Å². The van der Waals surface area contributed by atoms with Gasteiger partial charge in [0.05, 0.1) is 12.1 Å². The number of nitrogens with zero attached hydrogens (tertiary/aromatic N) is 3. The molecular weight excluding hydrogens is 361 g/mol. The Morgan fingerprint density at radius 2 is 2.04 bits per heavy atom. The van der Waals surface area contributed by atoms with Gasteiger partial charge in [-0.1, -0.05) is 24.3 Å². The number of halogens is 2. The molecule has 25 heavy (non-hydrogen) atoms. The van der Waals surface area contributed by atoms with Crippen LogP contribution >= 0.6 is 24.8 Å². The second-order valence-electron chi connectivity index (χ2n) is 6.26.